The Balaban J connectivity index is 1.41. The van der Waals surface area contributed by atoms with Gasteiger partial charge in [-0.25, -0.2) is 0 Å². The highest BCUT2D eigenvalue weighted by Crippen LogP contribution is 2.39. The molecule has 0 spiro atoms. The van der Waals surface area contributed by atoms with E-state index in [1.807, 2.05) is 0 Å². The number of anilines is 1. The number of benzene rings is 2. The van der Waals surface area contributed by atoms with E-state index in [-0.39, 0.29) is 0 Å². The molecule has 0 amide bonds. The van der Waals surface area contributed by atoms with Crippen LogP contribution in [0.25, 0.3) is 11.1 Å². The smallest absolute Gasteiger partial charge is 0.0461 e. The fourth-order valence-corrected chi connectivity index (χ4v) is 5.40. The van der Waals surface area contributed by atoms with Crippen LogP contribution in [-0.2, 0) is 0 Å². The Morgan fingerprint density at radius 2 is 1.63 bits per heavy atom. The average molecular weight is 364 g/mol. The molecule has 2 atom stereocenters. The van der Waals surface area contributed by atoms with E-state index < -0.39 is 0 Å². The van der Waals surface area contributed by atoms with Crippen molar-refractivity contribution >= 4 is 5.69 Å². The van der Waals surface area contributed by atoms with Gasteiger partial charge in [0.25, 0.3) is 0 Å². The summed E-state index contributed by atoms with van der Waals surface area (Å²) < 4.78 is 0. The van der Waals surface area contributed by atoms with Crippen molar-refractivity contribution in [1.82, 2.24) is 0 Å². The lowest BCUT2D eigenvalue weighted by Gasteiger charge is -2.36. The van der Waals surface area contributed by atoms with Gasteiger partial charge in [0.1, 0.15) is 0 Å². The molecule has 2 heteroatoms. The molecular formula is C25H33NO. The molecule has 0 aromatic heterocycles. The first-order valence-electron chi connectivity index (χ1n) is 10.8. The van der Waals surface area contributed by atoms with Gasteiger partial charge in [0, 0.05) is 25.4 Å². The molecule has 2 aliphatic rings. The summed E-state index contributed by atoms with van der Waals surface area (Å²) in [7, 11) is 0. The first kappa shape index (κ1) is 18.6. The molecule has 4 rings (SSSR count). The molecular weight excluding hydrogens is 330 g/mol. The number of nitrogens with zero attached hydrogens (tertiary/aromatic N) is 1. The van der Waals surface area contributed by atoms with Crippen LogP contribution in [0, 0.1) is 24.7 Å². The van der Waals surface area contributed by atoms with Gasteiger partial charge < -0.3 is 10.0 Å². The molecule has 2 aromatic rings. The maximum Gasteiger partial charge on any atom is 0.0461 e. The Morgan fingerprint density at radius 3 is 2.37 bits per heavy atom. The molecule has 2 unspecified atom stereocenters. The van der Waals surface area contributed by atoms with E-state index >= 15 is 0 Å². The van der Waals surface area contributed by atoms with Crippen LogP contribution in [0.15, 0.2) is 48.5 Å². The molecule has 1 saturated heterocycles. The van der Waals surface area contributed by atoms with Crippen molar-refractivity contribution < 1.29 is 5.11 Å². The van der Waals surface area contributed by atoms with Gasteiger partial charge >= 0.3 is 0 Å². The minimum Gasteiger partial charge on any atom is -0.396 e. The molecule has 144 valence electrons. The molecule has 1 saturated carbocycles. The highest BCUT2D eigenvalue weighted by molar-refractivity contribution is 5.74. The third kappa shape index (κ3) is 4.06. The van der Waals surface area contributed by atoms with Crippen molar-refractivity contribution in [1.29, 1.82) is 0 Å². The third-order valence-corrected chi connectivity index (χ3v) is 7.03. The minimum atomic E-state index is 0.398. The van der Waals surface area contributed by atoms with Crippen LogP contribution in [0.2, 0.25) is 0 Å². The van der Waals surface area contributed by atoms with Gasteiger partial charge in [-0.15, -0.1) is 0 Å². The van der Waals surface area contributed by atoms with E-state index in [4.69, 9.17) is 0 Å². The standard InChI is InChI=1S/C25H33NO/c1-19-24(21-7-3-2-4-8-21)11-6-12-25(19)26-15-13-20(14-16-26)17-22-9-5-10-23(22)18-27/h2-4,6-8,11-12,20,22-23,27H,5,9-10,13-18H2,1H3. The summed E-state index contributed by atoms with van der Waals surface area (Å²) in [5.74, 6) is 2.19. The number of aliphatic hydroxyl groups excluding tert-OH is 1. The molecule has 1 aliphatic heterocycles. The maximum atomic E-state index is 9.60. The quantitative estimate of drug-likeness (QED) is 0.739. The molecule has 0 radical (unpaired) electrons. The van der Waals surface area contributed by atoms with Crippen molar-refractivity contribution in [2.24, 2.45) is 17.8 Å². The Morgan fingerprint density at radius 1 is 0.889 bits per heavy atom. The summed E-state index contributed by atoms with van der Waals surface area (Å²) in [4.78, 5) is 2.59. The summed E-state index contributed by atoms with van der Waals surface area (Å²) >= 11 is 0. The van der Waals surface area contributed by atoms with Gasteiger partial charge in [-0.3, -0.25) is 0 Å². The van der Waals surface area contributed by atoms with Gasteiger partial charge in [0.2, 0.25) is 0 Å². The Labute approximate surface area is 164 Å². The van der Waals surface area contributed by atoms with Crippen LogP contribution in [0.1, 0.15) is 44.1 Å². The van der Waals surface area contributed by atoms with Crippen molar-refractivity contribution in [2.45, 2.75) is 45.4 Å². The van der Waals surface area contributed by atoms with Gasteiger partial charge in [0.05, 0.1) is 0 Å². The van der Waals surface area contributed by atoms with Crippen LogP contribution in [0.4, 0.5) is 5.69 Å². The lowest BCUT2D eigenvalue weighted by molar-refractivity contribution is 0.172. The Hall–Kier alpha value is -1.80. The van der Waals surface area contributed by atoms with E-state index in [1.54, 1.807) is 0 Å². The van der Waals surface area contributed by atoms with Crippen molar-refractivity contribution in [3.05, 3.63) is 54.1 Å². The highest BCUT2D eigenvalue weighted by Gasteiger charge is 2.30. The number of hydrogen-bond donors (Lipinski definition) is 1. The first-order chi connectivity index (χ1) is 13.3. The zero-order valence-corrected chi connectivity index (χ0v) is 16.6. The SMILES string of the molecule is Cc1c(-c2ccccc2)cccc1N1CCC(CC2CCCC2CO)CC1. The molecule has 1 heterocycles. The largest absolute Gasteiger partial charge is 0.396 e. The second kappa shape index (κ2) is 8.48. The monoisotopic (exact) mass is 363 g/mol. The van der Waals surface area contributed by atoms with Crippen LogP contribution in [-0.4, -0.2) is 24.8 Å². The zero-order chi connectivity index (χ0) is 18.6. The third-order valence-electron chi connectivity index (χ3n) is 7.03. The molecule has 1 N–H and O–H groups in total. The Kier molecular flexibility index (Phi) is 5.83. The van der Waals surface area contributed by atoms with Gasteiger partial charge in [-0.05, 0) is 73.1 Å². The van der Waals surface area contributed by atoms with E-state index in [9.17, 15) is 5.11 Å². The molecule has 2 fully saturated rings. The molecule has 1 aliphatic carbocycles. The normalized spacial score (nSPS) is 23.7. The summed E-state index contributed by atoms with van der Waals surface area (Å²) in [6.07, 6.45) is 7.82. The summed E-state index contributed by atoms with van der Waals surface area (Å²) in [6.45, 7) is 5.00. The summed E-state index contributed by atoms with van der Waals surface area (Å²) in [6, 6.07) is 17.5. The van der Waals surface area contributed by atoms with Crippen molar-refractivity contribution in [3.63, 3.8) is 0 Å². The number of rotatable bonds is 5. The molecule has 0 bridgehead atoms. The highest BCUT2D eigenvalue weighted by atomic mass is 16.3. The van der Waals surface area contributed by atoms with Crippen LogP contribution >= 0.6 is 0 Å². The van der Waals surface area contributed by atoms with Crippen LogP contribution in [0.3, 0.4) is 0 Å². The van der Waals surface area contributed by atoms with Gasteiger partial charge in [0.15, 0.2) is 0 Å². The molecule has 27 heavy (non-hydrogen) atoms. The van der Waals surface area contributed by atoms with E-state index in [0.717, 1.165) is 11.8 Å². The fourth-order valence-electron chi connectivity index (χ4n) is 5.40. The second-order valence-electron chi connectivity index (χ2n) is 8.62. The Bertz CT molecular complexity index is 733. The van der Waals surface area contributed by atoms with E-state index in [2.05, 4.69) is 60.4 Å². The predicted molar refractivity (Wildman–Crippen MR) is 114 cm³/mol. The van der Waals surface area contributed by atoms with Gasteiger partial charge in [-0.1, -0.05) is 55.3 Å². The van der Waals surface area contributed by atoms with Gasteiger partial charge in [-0.2, -0.15) is 0 Å². The van der Waals surface area contributed by atoms with Crippen LogP contribution in [0.5, 0.6) is 0 Å². The fraction of sp³-hybridized carbons (Fsp3) is 0.520. The lowest BCUT2D eigenvalue weighted by atomic mass is 9.82. The topological polar surface area (TPSA) is 23.5 Å². The predicted octanol–water partition coefficient (Wildman–Crippen LogP) is 5.68. The number of piperidine rings is 1. The van der Waals surface area contributed by atoms with E-state index in [1.165, 1.54) is 74.0 Å². The first-order valence-corrected chi connectivity index (χ1v) is 10.8. The second-order valence-corrected chi connectivity index (χ2v) is 8.62. The average Bonchev–Trinajstić information content (AvgIpc) is 3.17. The van der Waals surface area contributed by atoms with Crippen molar-refractivity contribution in [3.8, 4) is 11.1 Å². The minimum absolute atomic E-state index is 0.398. The maximum absolute atomic E-state index is 9.60. The van der Waals surface area contributed by atoms with E-state index in [0.29, 0.717) is 12.5 Å². The summed E-state index contributed by atoms with van der Waals surface area (Å²) in [5, 5.41) is 9.60. The summed E-state index contributed by atoms with van der Waals surface area (Å²) in [5.41, 5.74) is 5.47. The molecule has 2 nitrogen and oxygen atoms in total. The van der Waals surface area contributed by atoms with Crippen LogP contribution < -0.4 is 4.90 Å². The number of hydrogen-bond acceptors (Lipinski definition) is 2. The zero-order valence-electron chi connectivity index (χ0n) is 16.6. The number of aliphatic hydroxyl groups is 1. The molecule has 2 aromatic carbocycles. The van der Waals surface area contributed by atoms with Crippen molar-refractivity contribution in [2.75, 3.05) is 24.6 Å². The lowest BCUT2D eigenvalue weighted by Crippen LogP contribution is -2.35.